The first kappa shape index (κ1) is 12.7. The third kappa shape index (κ3) is 2.13. The highest BCUT2D eigenvalue weighted by molar-refractivity contribution is 5.78. The van der Waals surface area contributed by atoms with Crippen LogP contribution in [-0.2, 0) is 11.3 Å². The average molecular weight is 273 g/mol. The largest absolute Gasteiger partial charge is 0.480 e. The zero-order valence-electron chi connectivity index (χ0n) is 11.0. The standard InChI is InChI=1S/C14H15N3O3/c18-12(19)9-17-11-6-2-1-5-10(11)15-13(14(17)20)16-7-3-4-8-16/h1-2,5-6H,3-4,7-9H2,(H,18,19). The zero-order chi connectivity index (χ0) is 14.1. The molecule has 0 bridgehead atoms. The molecule has 1 aromatic heterocycles. The van der Waals surface area contributed by atoms with Crippen LogP contribution in [0.3, 0.4) is 0 Å². The maximum absolute atomic E-state index is 12.5. The highest BCUT2D eigenvalue weighted by Crippen LogP contribution is 2.18. The number of anilines is 1. The highest BCUT2D eigenvalue weighted by Gasteiger charge is 2.20. The molecule has 6 nitrogen and oxygen atoms in total. The minimum Gasteiger partial charge on any atom is -0.480 e. The Kier molecular flexibility index (Phi) is 3.14. The number of carbonyl (C=O) groups is 1. The van der Waals surface area contributed by atoms with E-state index in [-0.39, 0.29) is 12.1 Å². The van der Waals surface area contributed by atoms with E-state index >= 15 is 0 Å². The molecular weight excluding hydrogens is 258 g/mol. The van der Waals surface area contributed by atoms with Crippen LogP contribution in [0.4, 0.5) is 5.82 Å². The van der Waals surface area contributed by atoms with Crippen LogP contribution in [0.15, 0.2) is 29.1 Å². The fourth-order valence-corrected chi connectivity index (χ4v) is 2.61. The van der Waals surface area contributed by atoms with Gasteiger partial charge in [-0.05, 0) is 25.0 Å². The fourth-order valence-electron chi connectivity index (χ4n) is 2.61. The van der Waals surface area contributed by atoms with Crippen LogP contribution in [0.1, 0.15) is 12.8 Å². The zero-order valence-corrected chi connectivity index (χ0v) is 11.0. The first-order valence-electron chi connectivity index (χ1n) is 6.63. The minimum atomic E-state index is -1.03. The number of benzene rings is 1. The molecule has 0 amide bonds. The number of para-hydroxylation sites is 2. The van der Waals surface area contributed by atoms with E-state index in [1.165, 1.54) is 4.57 Å². The molecular formula is C14H15N3O3. The summed E-state index contributed by atoms with van der Waals surface area (Å²) in [5, 5.41) is 9.01. The van der Waals surface area contributed by atoms with Gasteiger partial charge in [0.15, 0.2) is 5.82 Å². The molecule has 0 radical (unpaired) electrons. The Morgan fingerprint density at radius 1 is 1.25 bits per heavy atom. The van der Waals surface area contributed by atoms with Gasteiger partial charge in [0.05, 0.1) is 11.0 Å². The normalized spacial score (nSPS) is 14.9. The molecule has 1 fully saturated rings. The number of carboxylic acid groups (broad SMARTS) is 1. The first-order chi connectivity index (χ1) is 9.66. The van der Waals surface area contributed by atoms with Gasteiger partial charge in [-0.2, -0.15) is 0 Å². The molecule has 3 rings (SSSR count). The number of rotatable bonds is 3. The van der Waals surface area contributed by atoms with Crippen molar-refractivity contribution >= 4 is 22.8 Å². The van der Waals surface area contributed by atoms with E-state index in [9.17, 15) is 9.59 Å². The van der Waals surface area contributed by atoms with Gasteiger partial charge >= 0.3 is 5.97 Å². The number of nitrogens with zero attached hydrogens (tertiary/aromatic N) is 3. The molecule has 20 heavy (non-hydrogen) atoms. The number of aromatic nitrogens is 2. The summed E-state index contributed by atoms with van der Waals surface area (Å²) >= 11 is 0. The van der Waals surface area contributed by atoms with E-state index in [2.05, 4.69) is 4.98 Å². The molecule has 1 saturated heterocycles. The van der Waals surface area contributed by atoms with Crippen LogP contribution in [0, 0.1) is 0 Å². The van der Waals surface area contributed by atoms with Crippen molar-refractivity contribution in [1.29, 1.82) is 0 Å². The van der Waals surface area contributed by atoms with Gasteiger partial charge in [-0.1, -0.05) is 12.1 Å². The Morgan fingerprint density at radius 2 is 1.95 bits per heavy atom. The summed E-state index contributed by atoms with van der Waals surface area (Å²) in [6.45, 7) is 1.25. The number of hydrogen-bond acceptors (Lipinski definition) is 4. The molecule has 6 heteroatoms. The molecule has 0 unspecified atom stereocenters. The van der Waals surface area contributed by atoms with Crippen LogP contribution in [0.2, 0.25) is 0 Å². The first-order valence-corrected chi connectivity index (χ1v) is 6.63. The van der Waals surface area contributed by atoms with Gasteiger partial charge in [-0.15, -0.1) is 0 Å². The van der Waals surface area contributed by atoms with Gasteiger partial charge in [0.25, 0.3) is 5.56 Å². The van der Waals surface area contributed by atoms with Gasteiger partial charge in [0.2, 0.25) is 0 Å². The Morgan fingerprint density at radius 3 is 2.65 bits per heavy atom. The minimum absolute atomic E-state index is 0.326. The van der Waals surface area contributed by atoms with E-state index in [0.717, 1.165) is 25.9 Å². The van der Waals surface area contributed by atoms with Gasteiger partial charge in [0, 0.05) is 13.1 Å². The molecule has 0 spiro atoms. The van der Waals surface area contributed by atoms with Crippen molar-refractivity contribution in [3.05, 3.63) is 34.6 Å². The van der Waals surface area contributed by atoms with E-state index < -0.39 is 5.97 Å². The Balaban J connectivity index is 2.23. The van der Waals surface area contributed by atoms with E-state index in [1.807, 2.05) is 11.0 Å². The van der Waals surface area contributed by atoms with E-state index in [4.69, 9.17) is 5.11 Å². The quantitative estimate of drug-likeness (QED) is 0.905. The molecule has 1 aliphatic heterocycles. The lowest BCUT2D eigenvalue weighted by atomic mass is 10.3. The van der Waals surface area contributed by atoms with Crippen molar-refractivity contribution in [2.75, 3.05) is 18.0 Å². The number of carboxylic acids is 1. The summed E-state index contributed by atoms with van der Waals surface area (Å²) in [5.41, 5.74) is 0.881. The fraction of sp³-hybridized carbons (Fsp3) is 0.357. The maximum Gasteiger partial charge on any atom is 0.323 e. The molecule has 1 aromatic carbocycles. The van der Waals surface area contributed by atoms with Crippen molar-refractivity contribution in [2.24, 2.45) is 0 Å². The Bertz CT molecular complexity index is 717. The number of aliphatic carboxylic acids is 1. The van der Waals surface area contributed by atoms with Crippen molar-refractivity contribution in [2.45, 2.75) is 19.4 Å². The van der Waals surface area contributed by atoms with Gasteiger partial charge < -0.3 is 10.0 Å². The Hall–Kier alpha value is -2.37. The van der Waals surface area contributed by atoms with Crippen molar-refractivity contribution in [3.63, 3.8) is 0 Å². The number of fused-ring (bicyclic) bond motifs is 1. The van der Waals surface area contributed by atoms with Gasteiger partial charge in [-0.25, -0.2) is 4.98 Å². The van der Waals surface area contributed by atoms with Crippen molar-refractivity contribution in [1.82, 2.24) is 9.55 Å². The summed E-state index contributed by atoms with van der Waals surface area (Å²) < 4.78 is 1.29. The van der Waals surface area contributed by atoms with Gasteiger partial charge in [-0.3, -0.25) is 14.2 Å². The smallest absolute Gasteiger partial charge is 0.323 e. The summed E-state index contributed by atoms with van der Waals surface area (Å²) in [6.07, 6.45) is 2.07. The van der Waals surface area contributed by atoms with Crippen LogP contribution in [-0.4, -0.2) is 33.7 Å². The van der Waals surface area contributed by atoms with Crippen molar-refractivity contribution in [3.8, 4) is 0 Å². The summed E-state index contributed by atoms with van der Waals surface area (Å²) in [7, 11) is 0. The topological polar surface area (TPSA) is 75.4 Å². The van der Waals surface area contributed by atoms with Crippen molar-refractivity contribution < 1.29 is 9.90 Å². The molecule has 0 atom stereocenters. The lowest BCUT2D eigenvalue weighted by Gasteiger charge is -2.18. The molecule has 104 valence electrons. The molecule has 1 N–H and O–H groups in total. The van der Waals surface area contributed by atoms with Crippen LogP contribution < -0.4 is 10.5 Å². The predicted molar refractivity (Wildman–Crippen MR) is 75.1 cm³/mol. The second-order valence-electron chi connectivity index (χ2n) is 4.90. The average Bonchev–Trinajstić information content (AvgIpc) is 2.95. The lowest BCUT2D eigenvalue weighted by Crippen LogP contribution is -2.33. The van der Waals surface area contributed by atoms with Gasteiger partial charge in [0.1, 0.15) is 6.54 Å². The molecule has 2 heterocycles. The molecule has 1 aliphatic rings. The van der Waals surface area contributed by atoms with Crippen LogP contribution in [0.5, 0.6) is 0 Å². The summed E-state index contributed by atoms with van der Waals surface area (Å²) in [4.78, 5) is 29.9. The summed E-state index contributed by atoms with van der Waals surface area (Å²) in [5.74, 6) is -0.668. The highest BCUT2D eigenvalue weighted by atomic mass is 16.4. The molecule has 0 aliphatic carbocycles. The number of hydrogen-bond donors (Lipinski definition) is 1. The maximum atomic E-state index is 12.5. The molecule has 2 aromatic rings. The third-order valence-corrected chi connectivity index (χ3v) is 3.53. The SMILES string of the molecule is O=C(O)Cn1c(=O)c(N2CCCC2)nc2ccccc21. The van der Waals surface area contributed by atoms with Crippen LogP contribution >= 0.6 is 0 Å². The second kappa shape index (κ2) is 4.96. The monoisotopic (exact) mass is 273 g/mol. The van der Waals surface area contributed by atoms with Crippen LogP contribution in [0.25, 0.3) is 11.0 Å². The van der Waals surface area contributed by atoms with E-state index in [1.54, 1.807) is 18.2 Å². The third-order valence-electron chi connectivity index (χ3n) is 3.53. The Labute approximate surface area is 115 Å². The lowest BCUT2D eigenvalue weighted by molar-refractivity contribution is -0.137. The predicted octanol–water partition coefficient (Wildman–Crippen LogP) is 1.08. The molecule has 0 saturated carbocycles. The second-order valence-corrected chi connectivity index (χ2v) is 4.90. The summed E-state index contributed by atoms with van der Waals surface area (Å²) in [6, 6.07) is 7.13. The van der Waals surface area contributed by atoms with E-state index in [0.29, 0.717) is 16.9 Å².